The quantitative estimate of drug-likeness (QED) is 0.748. The fraction of sp³-hybridized carbons (Fsp3) is 0.500. The van der Waals surface area contributed by atoms with Crippen molar-refractivity contribution in [3.05, 3.63) is 29.0 Å². The Morgan fingerprint density at radius 2 is 2.12 bits per heavy atom. The molecule has 0 unspecified atom stereocenters. The minimum atomic E-state index is 0.157. The zero-order valence-electron chi connectivity index (χ0n) is 9.90. The van der Waals surface area contributed by atoms with Gasteiger partial charge in [0.15, 0.2) is 0 Å². The summed E-state index contributed by atoms with van der Waals surface area (Å²) in [5, 5.41) is 0.571. The molecule has 0 aliphatic carbocycles. The van der Waals surface area contributed by atoms with E-state index in [0.717, 1.165) is 38.3 Å². The van der Waals surface area contributed by atoms with Crippen LogP contribution in [0.25, 0.3) is 0 Å². The third kappa shape index (κ3) is 3.17. The van der Waals surface area contributed by atoms with Crippen molar-refractivity contribution < 1.29 is 4.79 Å². The van der Waals surface area contributed by atoms with E-state index in [1.54, 1.807) is 13.1 Å². The SMILES string of the molecule is CC(=O)N1CCN(Cc2cccnc2Cl)CC1. The van der Waals surface area contributed by atoms with Crippen LogP contribution in [0.3, 0.4) is 0 Å². The van der Waals surface area contributed by atoms with Gasteiger partial charge in [-0.25, -0.2) is 4.98 Å². The Bertz CT molecular complexity index is 402. The fourth-order valence-electron chi connectivity index (χ4n) is 2.00. The van der Waals surface area contributed by atoms with Crippen molar-refractivity contribution in [3.63, 3.8) is 0 Å². The summed E-state index contributed by atoms with van der Waals surface area (Å²) in [4.78, 5) is 19.4. The lowest BCUT2D eigenvalue weighted by molar-refractivity contribution is -0.130. The maximum atomic E-state index is 11.2. The van der Waals surface area contributed by atoms with E-state index in [1.165, 1.54) is 0 Å². The molecule has 2 rings (SSSR count). The van der Waals surface area contributed by atoms with Gasteiger partial charge >= 0.3 is 0 Å². The van der Waals surface area contributed by atoms with Gasteiger partial charge in [0.1, 0.15) is 5.15 Å². The Morgan fingerprint density at radius 3 is 2.71 bits per heavy atom. The van der Waals surface area contributed by atoms with Crippen LogP contribution in [0.2, 0.25) is 5.15 Å². The number of carbonyl (C=O) groups excluding carboxylic acids is 1. The summed E-state index contributed by atoms with van der Waals surface area (Å²) in [6.45, 7) is 5.81. The van der Waals surface area contributed by atoms with E-state index >= 15 is 0 Å². The van der Waals surface area contributed by atoms with Crippen LogP contribution in [0, 0.1) is 0 Å². The third-order valence-corrected chi connectivity index (χ3v) is 3.39. The molecule has 1 amide bonds. The molecule has 0 spiro atoms. The van der Waals surface area contributed by atoms with Gasteiger partial charge in [-0.05, 0) is 6.07 Å². The van der Waals surface area contributed by atoms with E-state index in [-0.39, 0.29) is 5.91 Å². The number of piperazine rings is 1. The minimum Gasteiger partial charge on any atom is -0.340 e. The molecule has 92 valence electrons. The molecule has 4 nitrogen and oxygen atoms in total. The number of carbonyl (C=O) groups is 1. The lowest BCUT2D eigenvalue weighted by Crippen LogP contribution is -2.47. The molecule has 0 saturated carbocycles. The first-order chi connectivity index (χ1) is 8.16. The van der Waals surface area contributed by atoms with Crippen LogP contribution in [0.1, 0.15) is 12.5 Å². The van der Waals surface area contributed by atoms with Gasteiger partial charge < -0.3 is 4.90 Å². The number of hydrogen-bond acceptors (Lipinski definition) is 3. The van der Waals surface area contributed by atoms with Crippen LogP contribution < -0.4 is 0 Å². The van der Waals surface area contributed by atoms with Crippen molar-refractivity contribution in [1.29, 1.82) is 0 Å². The van der Waals surface area contributed by atoms with Crippen LogP contribution in [0.15, 0.2) is 18.3 Å². The van der Waals surface area contributed by atoms with E-state index in [2.05, 4.69) is 9.88 Å². The molecule has 2 heterocycles. The van der Waals surface area contributed by atoms with Gasteiger partial charge in [-0.15, -0.1) is 0 Å². The van der Waals surface area contributed by atoms with Gasteiger partial charge in [-0.2, -0.15) is 0 Å². The van der Waals surface area contributed by atoms with Crippen LogP contribution in [-0.2, 0) is 11.3 Å². The maximum absolute atomic E-state index is 11.2. The highest BCUT2D eigenvalue weighted by atomic mass is 35.5. The lowest BCUT2D eigenvalue weighted by Gasteiger charge is -2.34. The van der Waals surface area contributed by atoms with Crippen LogP contribution in [0.4, 0.5) is 0 Å². The normalized spacial score (nSPS) is 17.2. The summed E-state index contributed by atoms with van der Waals surface area (Å²) in [7, 11) is 0. The number of rotatable bonds is 2. The monoisotopic (exact) mass is 253 g/mol. The van der Waals surface area contributed by atoms with Crippen molar-refractivity contribution in [2.45, 2.75) is 13.5 Å². The number of amides is 1. The van der Waals surface area contributed by atoms with Gasteiger partial charge in [0.05, 0.1) is 0 Å². The maximum Gasteiger partial charge on any atom is 0.219 e. The highest BCUT2D eigenvalue weighted by Crippen LogP contribution is 2.15. The van der Waals surface area contributed by atoms with Gasteiger partial charge in [0, 0.05) is 51.4 Å². The van der Waals surface area contributed by atoms with E-state index < -0.39 is 0 Å². The number of pyridine rings is 1. The predicted octanol–water partition coefficient (Wildman–Crippen LogP) is 1.40. The zero-order valence-corrected chi connectivity index (χ0v) is 10.7. The third-order valence-electron chi connectivity index (χ3n) is 3.05. The highest BCUT2D eigenvalue weighted by Gasteiger charge is 2.19. The number of aromatic nitrogens is 1. The topological polar surface area (TPSA) is 36.4 Å². The average molecular weight is 254 g/mol. The first kappa shape index (κ1) is 12.3. The molecular weight excluding hydrogens is 238 g/mol. The second-order valence-corrected chi connectivity index (χ2v) is 4.59. The first-order valence-corrected chi connectivity index (χ1v) is 6.12. The van der Waals surface area contributed by atoms with Crippen molar-refractivity contribution in [2.24, 2.45) is 0 Å². The van der Waals surface area contributed by atoms with Crippen LogP contribution >= 0.6 is 11.6 Å². The largest absolute Gasteiger partial charge is 0.340 e. The summed E-state index contributed by atoms with van der Waals surface area (Å²) >= 11 is 6.02. The Balaban J connectivity index is 1.90. The van der Waals surface area contributed by atoms with Crippen molar-refractivity contribution >= 4 is 17.5 Å². The lowest BCUT2D eigenvalue weighted by atomic mass is 10.2. The Kier molecular flexibility index (Phi) is 3.97. The minimum absolute atomic E-state index is 0.157. The molecule has 0 atom stereocenters. The molecule has 1 aromatic rings. The van der Waals surface area contributed by atoms with E-state index in [0.29, 0.717) is 5.15 Å². The van der Waals surface area contributed by atoms with Crippen molar-refractivity contribution in [1.82, 2.24) is 14.8 Å². The second-order valence-electron chi connectivity index (χ2n) is 4.24. The molecule has 17 heavy (non-hydrogen) atoms. The molecule has 0 radical (unpaired) electrons. The molecule has 0 bridgehead atoms. The average Bonchev–Trinajstić information content (AvgIpc) is 2.33. The van der Waals surface area contributed by atoms with E-state index in [4.69, 9.17) is 11.6 Å². The summed E-state index contributed by atoms with van der Waals surface area (Å²) in [5.41, 5.74) is 1.05. The van der Waals surface area contributed by atoms with Gasteiger partial charge in [-0.3, -0.25) is 9.69 Å². The van der Waals surface area contributed by atoms with E-state index in [1.807, 2.05) is 17.0 Å². The smallest absolute Gasteiger partial charge is 0.219 e. The molecule has 1 saturated heterocycles. The van der Waals surface area contributed by atoms with Gasteiger partial charge in [0.2, 0.25) is 5.91 Å². The number of hydrogen-bond donors (Lipinski definition) is 0. The Labute approximate surface area is 106 Å². The zero-order chi connectivity index (χ0) is 12.3. The highest BCUT2D eigenvalue weighted by molar-refractivity contribution is 6.30. The molecule has 0 N–H and O–H groups in total. The van der Waals surface area contributed by atoms with Crippen molar-refractivity contribution in [3.8, 4) is 0 Å². The Morgan fingerprint density at radius 1 is 1.41 bits per heavy atom. The number of halogens is 1. The summed E-state index contributed by atoms with van der Waals surface area (Å²) in [6.07, 6.45) is 1.69. The Hall–Kier alpha value is -1.13. The molecular formula is C12H16ClN3O. The van der Waals surface area contributed by atoms with Gasteiger partial charge in [0.25, 0.3) is 0 Å². The molecule has 1 fully saturated rings. The summed E-state index contributed by atoms with van der Waals surface area (Å²) in [5.74, 6) is 0.157. The number of nitrogens with zero attached hydrogens (tertiary/aromatic N) is 3. The molecule has 1 aromatic heterocycles. The molecule has 0 aromatic carbocycles. The van der Waals surface area contributed by atoms with E-state index in [9.17, 15) is 4.79 Å². The molecule has 1 aliphatic heterocycles. The molecule has 1 aliphatic rings. The fourth-order valence-corrected chi connectivity index (χ4v) is 2.18. The van der Waals surface area contributed by atoms with Crippen LogP contribution in [-0.4, -0.2) is 46.9 Å². The van der Waals surface area contributed by atoms with Gasteiger partial charge in [-0.1, -0.05) is 17.7 Å². The summed E-state index contributed by atoms with van der Waals surface area (Å²) in [6, 6.07) is 3.89. The second kappa shape index (κ2) is 5.47. The first-order valence-electron chi connectivity index (χ1n) is 5.74. The van der Waals surface area contributed by atoms with Crippen LogP contribution in [0.5, 0.6) is 0 Å². The van der Waals surface area contributed by atoms with Crippen molar-refractivity contribution in [2.75, 3.05) is 26.2 Å². The standard InChI is InChI=1S/C12H16ClN3O/c1-10(17)16-7-5-15(6-8-16)9-11-3-2-4-14-12(11)13/h2-4H,5-9H2,1H3. The predicted molar refractivity (Wildman–Crippen MR) is 66.8 cm³/mol. The summed E-state index contributed by atoms with van der Waals surface area (Å²) < 4.78 is 0. The molecule has 5 heteroatoms.